The van der Waals surface area contributed by atoms with Crippen LogP contribution < -0.4 is 4.90 Å². The fraction of sp³-hybridized carbons (Fsp3) is 0.500. The first kappa shape index (κ1) is 16.9. The number of fused-ring (bicyclic) bond motifs is 1. The summed E-state index contributed by atoms with van der Waals surface area (Å²) >= 11 is 0. The number of sulfonamides is 1. The van der Waals surface area contributed by atoms with Crippen LogP contribution in [0.1, 0.15) is 31.7 Å². The zero-order chi connectivity index (χ0) is 17.5. The number of carbonyl (C=O) groups is 2. The Morgan fingerprint density at radius 1 is 1.21 bits per heavy atom. The van der Waals surface area contributed by atoms with Gasteiger partial charge in [-0.2, -0.15) is 4.31 Å². The van der Waals surface area contributed by atoms with Gasteiger partial charge in [-0.1, -0.05) is 0 Å². The maximum atomic E-state index is 12.9. The summed E-state index contributed by atoms with van der Waals surface area (Å²) in [7, 11) is -3.87. The number of nitrogens with zero attached hydrogens (tertiary/aromatic N) is 2. The van der Waals surface area contributed by atoms with Crippen molar-refractivity contribution in [3.05, 3.63) is 23.8 Å². The number of carbonyl (C=O) groups excluding carboxylic acids is 1. The molecular weight excluding hydrogens is 332 g/mol. The minimum absolute atomic E-state index is 0.0775. The summed E-state index contributed by atoms with van der Waals surface area (Å²) in [6.45, 7) is 2.23. The second kappa shape index (κ2) is 6.18. The topological polar surface area (TPSA) is 95.0 Å². The van der Waals surface area contributed by atoms with Crippen LogP contribution in [0.5, 0.6) is 0 Å². The number of carboxylic acid groups (broad SMARTS) is 1. The van der Waals surface area contributed by atoms with Crippen LogP contribution in [0.25, 0.3) is 0 Å². The monoisotopic (exact) mass is 352 g/mol. The van der Waals surface area contributed by atoms with Crippen molar-refractivity contribution in [1.29, 1.82) is 0 Å². The fourth-order valence-corrected chi connectivity index (χ4v) is 5.14. The van der Waals surface area contributed by atoms with E-state index >= 15 is 0 Å². The normalized spacial score (nSPS) is 21.5. The molecule has 1 aromatic carbocycles. The van der Waals surface area contributed by atoms with Crippen LogP contribution in [0.2, 0.25) is 0 Å². The Hall–Kier alpha value is -1.93. The van der Waals surface area contributed by atoms with Gasteiger partial charge in [0.2, 0.25) is 15.9 Å². The Bertz CT molecular complexity index is 790. The minimum Gasteiger partial charge on any atom is -0.480 e. The van der Waals surface area contributed by atoms with Crippen molar-refractivity contribution in [2.24, 2.45) is 0 Å². The largest absolute Gasteiger partial charge is 0.480 e. The van der Waals surface area contributed by atoms with Crippen molar-refractivity contribution < 1.29 is 23.1 Å². The summed E-state index contributed by atoms with van der Waals surface area (Å²) < 4.78 is 26.9. The molecule has 2 aliphatic heterocycles. The van der Waals surface area contributed by atoms with Crippen molar-refractivity contribution >= 4 is 27.6 Å². The molecule has 1 saturated heterocycles. The van der Waals surface area contributed by atoms with Gasteiger partial charge in [0, 0.05) is 25.7 Å². The molecule has 1 N–H and O–H groups in total. The van der Waals surface area contributed by atoms with Gasteiger partial charge in [0.1, 0.15) is 6.04 Å². The molecule has 1 unspecified atom stereocenters. The van der Waals surface area contributed by atoms with Crippen molar-refractivity contribution in [2.45, 2.75) is 43.5 Å². The van der Waals surface area contributed by atoms with E-state index in [1.54, 1.807) is 17.0 Å². The molecule has 0 aromatic heterocycles. The molecule has 1 fully saturated rings. The lowest BCUT2D eigenvalue weighted by Gasteiger charge is -2.32. The molecule has 0 saturated carbocycles. The summed E-state index contributed by atoms with van der Waals surface area (Å²) in [6, 6.07) is 3.66. The van der Waals surface area contributed by atoms with E-state index in [9.17, 15) is 23.1 Å². The van der Waals surface area contributed by atoms with E-state index in [1.165, 1.54) is 13.0 Å². The van der Waals surface area contributed by atoms with Gasteiger partial charge in [-0.25, -0.2) is 8.42 Å². The van der Waals surface area contributed by atoms with Gasteiger partial charge in [-0.3, -0.25) is 9.59 Å². The zero-order valence-corrected chi connectivity index (χ0v) is 14.3. The van der Waals surface area contributed by atoms with Crippen LogP contribution in [0, 0.1) is 0 Å². The number of hydrogen-bond acceptors (Lipinski definition) is 4. The SMILES string of the molecule is CC(=O)N1CCc2cc(S(=O)(=O)N3CCCCC3C(=O)O)ccc21. The molecule has 7 nitrogen and oxygen atoms in total. The lowest BCUT2D eigenvalue weighted by atomic mass is 10.1. The number of piperidine rings is 1. The average molecular weight is 352 g/mol. The molecule has 3 rings (SSSR count). The number of amides is 1. The summed E-state index contributed by atoms with van der Waals surface area (Å²) in [6.07, 6.45) is 2.30. The van der Waals surface area contributed by atoms with E-state index in [0.29, 0.717) is 32.2 Å². The molecule has 2 aliphatic rings. The molecule has 1 atom stereocenters. The molecule has 0 bridgehead atoms. The lowest BCUT2D eigenvalue weighted by molar-refractivity contribution is -0.142. The third kappa shape index (κ3) is 2.80. The van der Waals surface area contributed by atoms with Gasteiger partial charge in [0.25, 0.3) is 0 Å². The van der Waals surface area contributed by atoms with Crippen molar-refractivity contribution in [3.8, 4) is 0 Å². The second-order valence-electron chi connectivity index (χ2n) is 6.18. The highest BCUT2D eigenvalue weighted by molar-refractivity contribution is 7.89. The highest BCUT2D eigenvalue weighted by Gasteiger charge is 2.38. The number of aliphatic carboxylic acids is 1. The molecule has 24 heavy (non-hydrogen) atoms. The van der Waals surface area contributed by atoms with E-state index in [1.807, 2.05) is 0 Å². The number of benzene rings is 1. The van der Waals surface area contributed by atoms with Gasteiger partial charge in [0.05, 0.1) is 4.90 Å². The average Bonchev–Trinajstić information content (AvgIpc) is 2.98. The third-order valence-corrected chi connectivity index (χ3v) is 6.58. The maximum absolute atomic E-state index is 12.9. The first-order valence-electron chi connectivity index (χ1n) is 7.98. The van der Waals surface area contributed by atoms with Crippen LogP contribution in [0.15, 0.2) is 23.1 Å². The van der Waals surface area contributed by atoms with E-state index in [-0.39, 0.29) is 17.3 Å². The number of hydrogen-bond donors (Lipinski definition) is 1. The summed E-state index contributed by atoms with van der Waals surface area (Å²) in [5, 5.41) is 9.32. The maximum Gasteiger partial charge on any atom is 0.322 e. The predicted octanol–water partition coefficient (Wildman–Crippen LogP) is 1.22. The van der Waals surface area contributed by atoms with Gasteiger partial charge in [0.15, 0.2) is 0 Å². The van der Waals surface area contributed by atoms with Gasteiger partial charge in [-0.05, 0) is 49.4 Å². The first-order chi connectivity index (χ1) is 11.3. The first-order valence-corrected chi connectivity index (χ1v) is 9.42. The van der Waals surface area contributed by atoms with Crippen LogP contribution in [-0.2, 0) is 26.0 Å². The summed E-state index contributed by atoms with van der Waals surface area (Å²) in [5.74, 6) is -1.19. The highest BCUT2D eigenvalue weighted by Crippen LogP contribution is 2.32. The van der Waals surface area contributed by atoms with E-state index < -0.39 is 22.0 Å². The van der Waals surface area contributed by atoms with Crippen molar-refractivity contribution in [3.63, 3.8) is 0 Å². The van der Waals surface area contributed by atoms with Crippen LogP contribution in [0.4, 0.5) is 5.69 Å². The fourth-order valence-electron chi connectivity index (χ4n) is 3.44. The highest BCUT2D eigenvalue weighted by atomic mass is 32.2. The van der Waals surface area contributed by atoms with E-state index in [4.69, 9.17) is 0 Å². The molecule has 130 valence electrons. The standard InChI is InChI=1S/C16H20N2O5S/c1-11(19)17-9-7-12-10-13(5-6-14(12)17)24(22,23)18-8-3-2-4-15(18)16(20)21/h5-6,10,15H,2-4,7-9H2,1H3,(H,20,21). The number of rotatable bonds is 3. The quantitative estimate of drug-likeness (QED) is 0.883. The molecule has 0 aliphatic carbocycles. The smallest absolute Gasteiger partial charge is 0.322 e. The Balaban J connectivity index is 1.96. The second-order valence-corrected chi connectivity index (χ2v) is 8.07. The zero-order valence-electron chi connectivity index (χ0n) is 13.4. The molecule has 1 aromatic rings. The molecule has 8 heteroatoms. The van der Waals surface area contributed by atoms with Crippen LogP contribution >= 0.6 is 0 Å². The number of carboxylic acids is 1. The molecular formula is C16H20N2O5S. The predicted molar refractivity (Wildman–Crippen MR) is 87.3 cm³/mol. The molecule has 0 spiro atoms. The lowest BCUT2D eigenvalue weighted by Crippen LogP contribution is -2.47. The van der Waals surface area contributed by atoms with Gasteiger partial charge < -0.3 is 10.0 Å². The minimum atomic E-state index is -3.87. The van der Waals surface area contributed by atoms with Crippen molar-refractivity contribution in [2.75, 3.05) is 18.0 Å². The summed E-state index contributed by atoms with van der Waals surface area (Å²) in [4.78, 5) is 24.7. The van der Waals surface area contributed by atoms with E-state index in [0.717, 1.165) is 15.6 Å². The third-order valence-electron chi connectivity index (χ3n) is 4.67. The molecule has 1 amide bonds. The molecule has 2 heterocycles. The number of anilines is 1. The van der Waals surface area contributed by atoms with E-state index in [2.05, 4.69) is 0 Å². The van der Waals surface area contributed by atoms with Crippen LogP contribution in [-0.4, -0.2) is 48.8 Å². The van der Waals surface area contributed by atoms with Crippen molar-refractivity contribution in [1.82, 2.24) is 4.31 Å². The Morgan fingerprint density at radius 3 is 2.62 bits per heavy atom. The molecule has 0 radical (unpaired) electrons. The summed E-state index contributed by atoms with van der Waals surface area (Å²) in [5.41, 5.74) is 1.53. The Morgan fingerprint density at radius 2 is 1.96 bits per heavy atom. The Kier molecular flexibility index (Phi) is 4.35. The van der Waals surface area contributed by atoms with Crippen LogP contribution in [0.3, 0.4) is 0 Å². The van der Waals surface area contributed by atoms with Gasteiger partial charge in [-0.15, -0.1) is 0 Å². The van der Waals surface area contributed by atoms with Gasteiger partial charge >= 0.3 is 5.97 Å². The Labute approximate surface area is 140 Å².